The number of sulfonamides is 1. The Morgan fingerprint density at radius 2 is 2.00 bits per heavy atom. The zero-order valence-corrected chi connectivity index (χ0v) is 14.3. The van der Waals surface area contributed by atoms with Gasteiger partial charge in [-0.1, -0.05) is 13.8 Å². The van der Waals surface area contributed by atoms with Crippen molar-refractivity contribution in [1.82, 2.24) is 4.72 Å². The predicted octanol–water partition coefficient (Wildman–Crippen LogP) is 0.960. The Kier molecular flexibility index (Phi) is 5.37. The molecule has 0 aromatic carbocycles. The third-order valence-electron chi connectivity index (χ3n) is 2.39. The fourth-order valence-corrected chi connectivity index (χ4v) is 5.12. The molecule has 0 aliphatic rings. The molecule has 0 amide bonds. The first-order valence-electron chi connectivity index (χ1n) is 5.66. The molecular formula is C11H20BrN2O2S2+. The van der Waals surface area contributed by atoms with Crippen molar-refractivity contribution in [2.45, 2.75) is 18.1 Å². The van der Waals surface area contributed by atoms with Crippen molar-refractivity contribution in [3.05, 3.63) is 15.9 Å². The van der Waals surface area contributed by atoms with Gasteiger partial charge < -0.3 is 4.90 Å². The molecule has 1 heterocycles. The highest BCUT2D eigenvalue weighted by molar-refractivity contribution is 9.11. The highest BCUT2D eigenvalue weighted by Gasteiger charge is 2.25. The summed E-state index contributed by atoms with van der Waals surface area (Å²) in [7, 11) is 0.745. The minimum absolute atomic E-state index is 0.0691. The first-order chi connectivity index (χ1) is 8.12. The average Bonchev–Trinajstić information content (AvgIpc) is 2.61. The molecule has 104 valence electrons. The summed E-state index contributed by atoms with van der Waals surface area (Å²) in [5, 5.41) is 0. The highest BCUT2D eigenvalue weighted by Crippen LogP contribution is 2.26. The van der Waals surface area contributed by atoms with Crippen LogP contribution in [0.3, 0.4) is 0 Å². The molecule has 0 fully saturated rings. The number of hydrogen-bond donors (Lipinski definition) is 2. The van der Waals surface area contributed by atoms with E-state index in [1.54, 1.807) is 12.1 Å². The second-order valence-electron chi connectivity index (χ2n) is 5.43. The smallest absolute Gasteiger partial charge is 0.250 e. The monoisotopic (exact) mass is 355 g/mol. The van der Waals surface area contributed by atoms with Crippen LogP contribution < -0.4 is 9.62 Å². The van der Waals surface area contributed by atoms with Crippen LogP contribution in [0, 0.1) is 5.41 Å². The van der Waals surface area contributed by atoms with Gasteiger partial charge in [0.2, 0.25) is 10.0 Å². The number of quaternary nitrogens is 1. The van der Waals surface area contributed by atoms with E-state index in [1.807, 2.05) is 0 Å². The van der Waals surface area contributed by atoms with Crippen LogP contribution in [0.2, 0.25) is 0 Å². The molecule has 0 aliphatic carbocycles. The molecule has 0 spiro atoms. The molecule has 4 nitrogen and oxygen atoms in total. The first-order valence-corrected chi connectivity index (χ1v) is 8.76. The zero-order valence-electron chi connectivity index (χ0n) is 11.1. The van der Waals surface area contributed by atoms with Gasteiger partial charge in [0.1, 0.15) is 4.21 Å². The number of hydrogen-bond acceptors (Lipinski definition) is 3. The van der Waals surface area contributed by atoms with Gasteiger partial charge in [-0.3, -0.25) is 0 Å². The summed E-state index contributed by atoms with van der Waals surface area (Å²) in [5.74, 6) is 0. The fourth-order valence-electron chi connectivity index (χ4n) is 1.82. The Morgan fingerprint density at radius 1 is 1.39 bits per heavy atom. The van der Waals surface area contributed by atoms with Gasteiger partial charge in [-0.05, 0) is 28.1 Å². The van der Waals surface area contributed by atoms with Crippen molar-refractivity contribution in [3.63, 3.8) is 0 Å². The lowest BCUT2D eigenvalue weighted by atomic mass is 9.93. The van der Waals surface area contributed by atoms with Crippen molar-refractivity contribution in [3.8, 4) is 0 Å². The molecule has 0 aliphatic heterocycles. The maximum atomic E-state index is 12.0. The van der Waals surface area contributed by atoms with Gasteiger partial charge in [-0.25, -0.2) is 13.1 Å². The number of rotatable bonds is 6. The van der Waals surface area contributed by atoms with Gasteiger partial charge in [0.15, 0.2) is 0 Å². The standard InChI is InChI=1S/C11H19BrN2O2S2/c1-11(2,8-14(3)4)7-13-18(15,16)10-6-5-9(12)17-10/h5-6,13H,7-8H2,1-4H3/p+1. The molecule has 18 heavy (non-hydrogen) atoms. The maximum Gasteiger partial charge on any atom is 0.250 e. The van der Waals surface area contributed by atoms with Crippen LogP contribution in [-0.2, 0) is 10.0 Å². The largest absolute Gasteiger partial charge is 0.339 e. The number of nitrogens with one attached hydrogen (secondary N) is 2. The Hall–Kier alpha value is 0.0500. The van der Waals surface area contributed by atoms with Gasteiger partial charge in [0, 0.05) is 12.0 Å². The predicted molar refractivity (Wildman–Crippen MR) is 78.7 cm³/mol. The van der Waals surface area contributed by atoms with Crippen LogP contribution in [0.15, 0.2) is 20.1 Å². The molecule has 7 heteroatoms. The molecule has 0 bridgehead atoms. The van der Waals surface area contributed by atoms with Gasteiger partial charge in [-0.2, -0.15) is 0 Å². The van der Waals surface area contributed by atoms with E-state index in [2.05, 4.69) is 48.6 Å². The summed E-state index contributed by atoms with van der Waals surface area (Å²) in [4.78, 5) is 1.30. The number of thiophene rings is 1. The van der Waals surface area contributed by atoms with Crippen molar-refractivity contribution in [2.24, 2.45) is 5.41 Å². The molecule has 1 aromatic rings. The molecule has 0 atom stereocenters. The van der Waals surface area contributed by atoms with E-state index in [-0.39, 0.29) is 5.41 Å². The van der Waals surface area contributed by atoms with Crippen molar-refractivity contribution in [1.29, 1.82) is 0 Å². The van der Waals surface area contributed by atoms with Crippen LogP contribution in [0.25, 0.3) is 0 Å². The normalized spacial score (nSPS) is 13.2. The average molecular weight is 356 g/mol. The molecule has 0 saturated carbocycles. The molecule has 0 radical (unpaired) electrons. The topological polar surface area (TPSA) is 50.6 Å². The fraction of sp³-hybridized carbons (Fsp3) is 0.636. The van der Waals surface area contributed by atoms with Gasteiger partial charge in [0.25, 0.3) is 0 Å². The molecule has 0 unspecified atom stereocenters. The van der Waals surface area contributed by atoms with Crippen molar-refractivity contribution in [2.75, 3.05) is 27.2 Å². The lowest BCUT2D eigenvalue weighted by Gasteiger charge is -2.25. The van der Waals surface area contributed by atoms with Crippen LogP contribution in [0.1, 0.15) is 13.8 Å². The molecular weight excluding hydrogens is 336 g/mol. The minimum atomic E-state index is -3.38. The van der Waals surface area contributed by atoms with E-state index >= 15 is 0 Å². The second-order valence-corrected chi connectivity index (χ2v) is 9.89. The molecule has 1 aromatic heterocycles. The van der Waals surface area contributed by atoms with Crippen LogP contribution >= 0.6 is 27.3 Å². The number of halogens is 1. The Morgan fingerprint density at radius 3 is 2.44 bits per heavy atom. The van der Waals surface area contributed by atoms with Gasteiger partial charge >= 0.3 is 0 Å². The third-order valence-corrected chi connectivity index (χ3v) is 5.90. The highest BCUT2D eigenvalue weighted by atomic mass is 79.9. The summed E-state index contributed by atoms with van der Waals surface area (Å²) >= 11 is 4.49. The summed E-state index contributed by atoms with van der Waals surface area (Å²) < 4.78 is 28.0. The SMILES string of the molecule is C[NH+](C)CC(C)(C)CNS(=O)(=O)c1ccc(Br)s1. The van der Waals surface area contributed by atoms with Gasteiger partial charge in [-0.15, -0.1) is 11.3 Å². The lowest BCUT2D eigenvalue weighted by molar-refractivity contribution is -0.865. The van der Waals surface area contributed by atoms with Crippen LogP contribution in [-0.4, -0.2) is 35.6 Å². The van der Waals surface area contributed by atoms with E-state index in [0.717, 1.165) is 10.3 Å². The Labute approximate surface area is 122 Å². The lowest BCUT2D eigenvalue weighted by Crippen LogP contribution is -3.07. The van der Waals surface area contributed by atoms with Crippen molar-refractivity contribution >= 4 is 37.3 Å². The minimum Gasteiger partial charge on any atom is -0.339 e. The Bertz CT molecular complexity index is 495. The summed E-state index contributed by atoms with van der Waals surface area (Å²) in [5.41, 5.74) is -0.0691. The first kappa shape index (κ1) is 16.1. The zero-order chi connectivity index (χ0) is 14.0. The molecule has 2 N–H and O–H groups in total. The summed E-state index contributed by atoms with van der Waals surface area (Å²) in [6, 6.07) is 3.36. The van der Waals surface area contributed by atoms with E-state index in [9.17, 15) is 8.42 Å². The molecule has 1 rings (SSSR count). The van der Waals surface area contributed by atoms with E-state index in [0.29, 0.717) is 10.8 Å². The maximum absolute atomic E-state index is 12.0. The summed E-state index contributed by atoms with van der Waals surface area (Å²) in [6.07, 6.45) is 0. The van der Waals surface area contributed by atoms with Crippen LogP contribution in [0.5, 0.6) is 0 Å². The quantitative estimate of drug-likeness (QED) is 0.798. The second kappa shape index (κ2) is 6.00. The van der Waals surface area contributed by atoms with E-state index in [1.165, 1.54) is 16.2 Å². The van der Waals surface area contributed by atoms with Crippen molar-refractivity contribution < 1.29 is 13.3 Å². The van der Waals surface area contributed by atoms with Crippen LogP contribution in [0.4, 0.5) is 0 Å². The van der Waals surface area contributed by atoms with E-state index < -0.39 is 10.0 Å². The van der Waals surface area contributed by atoms with E-state index in [4.69, 9.17) is 0 Å². The Balaban J connectivity index is 2.68. The third kappa shape index (κ3) is 4.97. The van der Waals surface area contributed by atoms with Gasteiger partial charge in [0.05, 0.1) is 24.4 Å². The summed E-state index contributed by atoms with van der Waals surface area (Å²) in [6.45, 7) is 5.47. The molecule has 0 saturated heterocycles.